The van der Waals surface area contributed by atoms with Gasteiger partial charge in [0, 0.05) is 23.6 Å². The largest absolute Gasteiger partial charge is 0.493 e. The van der Waals surface area contributed by atoms with Gasteiger partial charge in [0.2, 0.25) is 0 Å². The van der Waals surface area contributed by atoms with E-state index in [-0.39, 0.29) is 0 Å². The summed E-state index contributed by atoms with van der Waals surface area (Å²) in [5, 5.41) is 0.751. The van der Waals surface area contributed by atoms with E-state index in [0.29, 0.717) is 19.6 Å². The first-order valence-electron chi connectivity index (χ1n) is 6.32. The Morgan fingerprint density at radius 3 is 3.00 bits per heavy atom. The summed E-state index contributed by atoms with van der Waals surface area (Å²) in [6, 6.07) is 3.92. The van der Waals surface area contributed by atoms with Crippen LogP contribution in [0.5, 0.6) is 5.75 Å². The second kappa shape index (κ2) is 5.47. The van der Waals surface area contributed by atoms with Crippen molar-refractivity contribution in [2.45, 2.75) is 32.2 Å². The minimum atomic E-state index is -0.402. The standard InChI is InChI=1S/C14H20ClNO2/c1-3-17-9-14(2,16)8-11-7-12(15)6-10-4-5-18-13(10)11/h6-7H,3-5,8-9,16H2,1-2H3. The monoisotopic (exact) mass is 269 g/mol. The molecule has 1 unspecified atom stereocenters. The molecule has 1 aromatic rings. The third-order valence-corrected chi connectivity index (χ3v) is 3.27. The highest BCUT2D eigenvalue weighted by Crippen LogP contribution is 2.34. The molecular weight excluding hydrogens is 250 g/mol. The maximum Gasteiger partial charge on any atom is 0.125 e. The molecule has 0 saturated heterocycles. The molecule has 1 aromatic carbocycles. The molecular formula is C14H20ClNO2. The molecule has 1 heterocycles. The van der Waals surface area contributed by atoms with Gasteiger partial charge in [0.05, 0.1) is 13.2 Å². The average Bonchev–Trinajstić information content (AvgIpc) is 2.74. The molecule has 4 heteroatoms. The Bertz CT molecular complexity index is 432. The fourth-order valence-electron chi connectivity index (χ4n) is 2.30. The predicted molar refractivity (Wildman–Crippen MR) is 73.4 cm³/mol. The highest BCUT2D eigenvalue weighted by Gasteiger charge is 2.25. The van der Waals surface area contributed by atoms with E-state index in [1.54, 1.807) is 0 Å². The zero-order valence-electron chi connectivity index (χ0n) is 11.0. The van der Waals surface area contributed by atoms with Gasteiger partial charge < -0.3 is 15.2 Å². The van der Waals surface area contributed by atoms with Crippen LogP contribution in [0, 0.1) is 0 Å². The maximum absolute atomic E-state index is 6.26. The van der Waals surface area contributed by atoms with Crippen LogP contribution in [-0.2, 0) is 17.6 Å². The first-order valence-corrected chi connectivity index (χ1v) is 6.70. The van der Waals surface area contributed by atoms with E-state index in [0.717, 1.165) is 29.4 Å². The van der Waals surface area contributed by atoms with Gasteiger partial charge in [-0.05, 0) is 43.5 Å². The maximum atomic E-state index is 6.26. The molecule has 0 bridgehead atoms. The van der Waals surface area contributed by atoms with Gasteiger partial charge in [0.15, 0.2) is 0 Å². The minimum absolute atomic E-state index is 0.402. The van der Waals surface area contributed by atoms with E-state index < -0.39 is 5.54 Å². The Kier molecular flexibility index (Phi) is 4.15. The van der Waals surface area contributed by atoms with Crippen LogP contribution in [0.25, 0.3) is 0 Å². The van der Waals surface area contributed by atoms with E-state index in [1.165, 1.54) is 5.56 Å². The van der Waals surface area contributed by atoms with Crippen LogP contribution < -0.4 is 10.5 Å². The third-order valence-electron chi connectivity index (χ3n) is 3.06. The van der Waals surface area contributed by atoms with Crippen molar-refractivity contribution >= 4 is 11.6 Å². The van der Waals surface area contributed by atoms with Gasteiger partial charge in [-0.1, -0.05) is 11.6 Å². The number of fused-ring (bicyclic) bond motifs is 1. The van der Waals surface area contributed by atoms with Crippen LogP contribution in [0.1, 0.15) is 25.0 Å². The quantitative estimate of drug-likeness (QED) is 0.894. The summed E-state index contributed by atoms with van der Waals surface area (Å²) in [6.45, 7) is 5.90. The molecule has 3 nitrogen and oxygen atoms in total. The second-order valence-electron chi connectivity index (χ2n) is 5.12. The third kappa shape index (κ3) is 3.16. The molecule has 100 valence electrons. The first kappa shape index (κ1) is 13.7. The van der Waals surface area contributed by atoms with Crippen molar-refractivity contribution in [2.24, 2.45) is 5.73 Å². The van der Waals surface area contributed by atoms with Crippen molar-refractivity contribution < 1.29 is 9.47 Å². The zero-order chi connectivity index (χ0) is 13.2. The van der Waals surface area contributed by atoms with E-state index in [1.807, 2.05) is 26.0 Å². The molecule has 1 aliphatic heterocycles. The summed E-state index contributed by atoms with van der Waals surface area (Å²) in [7, 11) is 0. The number of rotatable bonds is 5. The van der Waals surface area contributed by atoms with Gasteiger partial charge >= 0.3 is 0 Å². The van der Waals surface area contributed by atoms with Gasteiger partial charge in [0.1, 0.15) is 5.75 Å². The lowest BCUT2D eigenvalue weighted by Crippen LogP contribution is -2.43. The van der Waals surface area contributed by atoms with Crippen LogP contribution in [-0.4, -0.2) is 25.4 Å². The molecule has 0 amide bonds. The summed E-state index contributed by atoms with van der Waals surface area (Å²) in [5.74, 6) is 0.965. The highest BCUT2D eigenvalue weighted by atomic mass is 35.5. The normalized spacial score (nSPS) is 17.1. The lowest BCUT2D eigenvalue weighted by molar-refractivity contribution is 0.101. The van der Waals surface area contributed by atoms with Crippen molar-refractivity contribution in [2.75, 3.05) is 19.8 Å². The Labute approximate surface area is 113 Å². The van der Waals surface area contributed by atoms with Gasteiger partial charge in [-0.2, -0.15) is 0 Å². The van der Waals surface area contributed by atoms with Gasteiger partial charge in [-0.3, -0.25) is 0 Å². The summed E-state index contributed by atoms with van der Waals surface area (Å²) in [6.07, 6.45) is 1.63. The lowest BCUT2D eigenvalue weighted by atomic mass is 9.93. The van der Waals surface area contributed by atoms with E-state index in [9.17, 15) is 0 Å². The summed E-state index contributed by atoms with van der Waals surface area (Å²) < 4.78 is 11.1. The fraction of sp³-hybridized carbons (Fsp3) is 0.571. The molecule has 1 aliphatic rings. The summed E-state index contributed by atoms with van der Waals surface area (Å²) >= 11 is 6.13. The van der Waals surface area contributed by atoms with Crippen molar-refractivity contribution in [3.05, 3.63) is 28.3 Å². The van der Waals surface area contributed by atoms with Gasteiger partial charge in [-0.25, -0.2) is 0 Å². The number of ether oxygens (including phenoxy) is 2. The molecule has 0 aromatic heterocycles. The van der Waals surface area contributed by atoms with Crippen LogP contribution in [0.2, 0.25) is 5.02 Å². The van der Waals surface area contributed by atoms with Crippen LogP contribution in [0.4, 0.5) is 0 Å². The Balaban J connectivity index is 2.19. The molecule has 2 rings (SSSR count). The second-order valence-corrected chi connectivity index (χ2v) is 5.56. The molecule has 0 aliphatic carbocycles. The SMILES string of the molecule is CCOCC(C)(N)Cc1cc(Cl)cc2c1OCC2. The molecule has 0 radical (unpaired) electrons. The zero-order valence-corrected chi connectivity index (χ0v) is 11.7. The Morgan fingerprint density at radius 1 is 1.50 bits per heavy atom. The van der Waals surface area contributed by atoms with Crippen molar-refractivity contribution in [3.63, 3.8) is 0 Å². The van der Waals surface area contributed by atoms with E-state index >= 15 is 0 Å². The van der Waals surface area contributed by atoms with Crippen molar-refractivity contribution in [3.8, 4) is 5.75 Å². The topological polar surface area (TPSA) is 44.5 Å². The number of benzene rings is 1. The first-order chi connectivity index (χ1) is 8.52. The van der Waals surface area contributed by atoms with Crippen LogP contribution in [0.15, 0.2) is 12.1 Å². The summed E-state index contributed by atoms with van der Waals surface area (Å²) in [4.78, 5) is 0. The average molecular weight is 270 g/mol. The van der Waals surface area contributed by atoms with Crippen LogP contribution >= 0.6 is 11.6 Å². The Morgan fingerprint density at radius 2 is 2.28 bits per heavy atom. The molecule has 0 fully saturated rings. The van der Waals surface area contributed by atoms with E-state index in [4.69, 9.17) is 26.8 Å². The molecule has 1 atom stereocenters. The summed E-state index contributed by atoms with van der Waals surface area (Å²) in [5.41, 5.74) is 8.12. The molecule has 18 heavy (non-hydrogen) atoms. The molecule has 0 spiro atoms. The number of nitrogens with two attached hydrogens (primary N) is 1. The van der Waals surface area contributed by atoms with Gasteiger partial charge in [0.25, 0.3) is 0 Å². The smallest absolute Gasteiger partial charge is 0.125 e. The number of halogens is 1. The molecule has 2 N–H and O–H groups in total. The van der Waals surface area contributed by atoms with Gasteiger partial charge in [-0.15, -0.1) is 0 Å². The molecule has 0 saturated carbocycles. The lowest BCUT2D eigenvalue weighted by Gasteiger charge is -2.25. The predicted octanol–water partition coefficient (Wildman–Crippen LogP) is 2.57. The van der Waals surface area contributed by atoms with E-state index in [2.05, 4.69) is 0 Å². The fourth-order valence-corrected chi connectivity index (χ4v) is 2.56. The van der Waals surface area contributed by atoms with Crippen molar-refractivity contribution in [1.82, 2.24) is 0 Å². The minimum Gasteiger partial charge on any atom is -0.493 e. The highest BCUT2D eigenvalue weighted by molar-refractivity contribution is 6.30. The van der Waals surface area contributed by atoms with Crippen molar-refractivity contribution in [1.29, 1.82) is 0 Å². The number of hydrogen-bond acceptors (Lipinski definition) is 3. The Hall–Kier alpha value is -0.770. The van der Waals surface area contributed by atoms with Crippen LogP contribution in [0.3, 0.4) is 0 Å². The number of hydrogen-bond donors (Lipinski definition) is 1.